The molecule has 1 aromatic heterocycles. The van der Waals surface area contributed by atoms with E-state index in [1.807, 2.05) is 13.1 Å². The molecule has 2 aromatic rings. The molecular weight excluding hydrogens is 313 g/mol. The summed E-state index contributed by atoms with van der Waals surface area (Å²) in [6.45, 7) is 4.19. The highest BCUT2D eigenvalue weighted by atomic mass is 79.9. The van der Waals surface area contributed by atoms with Crippen LogP contribution in [0.2, 0.25) is 0 Å². The van der Waals surface area contributed by atoms with Crippen LogP contribution < -0.4 is 5.32 Å². The summed E-state index contributed by atoms with van der Waals surface area (Å²) in [4.78, 5) is 2.54. The first-order valence-corrected chi connectivity index (χ1v) is 7.33. The van der Waals surface area contributed by atoms with E-state index in [2.05, 4.69) is 41.2 Å². The van der Waals surface area contributed by atoms with E-state index in [1.165, 1.54) is 21.4 Å². The third-order valence-electron chi connectivity index (χ3n) is 2.97. The van der Waals surface area contributed by atoms with Crippen LogP contribution in [-0.2, 0) is 0 Å². The van der Waals surface area contributed by atoms with Gasteiger partial charge in [-0.05, 0) is 60.1 Å². The minimum Gasteiger partial charge on any atom is -0.309 e. The van der Waals surface area contributed by atoms with E-state index in [1.54, 1.807) is 17.4 Å². The standard InChI is InChI=1S/C14H15BrFNS/c1-8-7-11(9(2)18-8)14(17-3)10-5-4-6-12(16)13(10)15/h4-7,14,17H,1-3H3. The first kappa shape index (κ1) is 13.7. The quantitative estimate of drug-likeness (QED) is 0.870. The number of halogens is 2. The Hall–Kier alpha value is -0.710. The fourth-order valence-corrected chi connectivity index (χ4v) is 3.62. The molecule has 0 aliphatic heterocycles. The molecule has 96 valence electrons. The largest absolute Gasteiger partial charge is 0.309 e. The Morgan fingerprint density at radius 3 is 2.56 bits per heavy atom. The van der Waals surface area contributed by atoms with Gasteiger partial charge < -0.3 is 5.32 Å². The molecular formula is C14H15BrFNS. The molecule has 0 fully saturated rings. The van der Waals surface area contributed by atoms with Crippen LogP contribution in [0.15, 0.2) is 28.7 Å². The maximum atomic E-state index is 13.6. The van der Waals surface area contributed by atoms with Gasteiger partial charge in [-0.1, -0.05) is 12.1 Å². The van der Waals surface area contributed by atoms with Crippen LogP contribution in [0.4, 0.5) is 4.39 Å². The summed E-state index contributed by atoms with van der Waals surface area (Å²) in [7, 11) is 1.90. The van der Waals surface area contributed by atoms with E-state index in [0.29, 0.717) is 4.47 Å². The first-order valence-electron chi connectivity index (χ1n) is 5.72. The van der Waals surface area contributed by atoms with Gasteiger partial charge in [0.25, 0.3) is 0 Å². The second-order valence-electron chi connectivity index (χ2n) is 4.23. The predicted octanol–water partition coefficient (Wildman–Crippen LogP) is 4.58. The Bertz CT molecular complexity index is 565. The summed E-state index contributed by atoms with van der Waals surface area (Å²) < 4.78 is 14.2. The zero-order valence-electron chi connectivity index (χ0n) is 10.6. The van der Waals surface area contributed by atoms with Crippen molar-refractivity contribution >= 4 is 27.3 Å². The summed E-state index contributed by atoms with van der Waals surface area (Å²) in [6.07, 6.45) is 0. The minimum atomic E-state index is -0.225. The lowest BCUT2D eigenvalue weighted by Gasteiger charge is -2.18. The Balaban J connectivity index is 2.52. The molecule has 1 nitrogen and oxygen atoms in total. The molecule has 1 heterocycles. The van der Waals surface area contributed by atoms with Gasteiger partial charge in [0.2, 0.25) is 0 Å². The zero-order chi connectivity index (χ0) is 13.3. The fourth-order valence-electron chi connectivity index (χ4n) is 2.16. The maximum absolute atomic E-state index is 13.6. The maximum Gasteiger partial charge on any atom is 0.137 e. The molecule has 1 N–H and O–H groups in total. The smallest absolute Gasteiger partial charge is 0.137 e. The number of thiophene rings is 1. The Morgan fingerprint density at radius 2 is 2.00 bits per heavy atom. The van der Waals surface area contributed by atoms with Crippen LogP contribution in [0.25, 0.3) is 0 Å². The van der Waals surface area contributed by atoms with Gasteiger partial charge in [-0.25, -0.2) is 4.39 Å². The molecule has 0 amide bonds. The summed E-state index contributed by atoms with van der Waals surface area (Å²) >= 11 is 5.11. The van der Waals surface area contributed by atoms with E-state index < -0.39 is 0 Å². The normalized spacial score (nSPS) is 12.7. The highest BCUT2D eigenvalue weighted by molar-refractivity contribution is 9.10. The zero-order valence-corrected chi connectivity index (χ0v) is 13.0. The first-order chi connectivity index (χ1) is 8.54. The average Bonchev–Trinajstić information content (AvgIpc) is 2.65. The van der Waals surface area contributed by atoms with Crippen LogP contribution in [0, 0.1) is 19.7 Å². The molecule has 0 saturated carbocycles. The van der Waals surface area contributed by atoms with Crippen molar-refractivity contribution in [2.45, 2.75) is 19.9 Å². The van der Waals surface area contributed by atoms with Crippen LogP contribution in [0.1, 0.15) is 26.9 Å². The van der Waals surface area contributed by atoms with Crippen molar-refractivity contribution in [1.82, 2.24) is 5.32 Å². The van der Waals surface area contributed by atoms with Gasteiger partial charge in [0, 0.05) is 9.75 Å². The Kier molecular flexibility index (Phi) is 4.20. The topological polar surface area (TPSA) is 12.0 Å². The van der Waals surface area contributed by atoms with Crippen LogP contribution in [0.5, 0.6) is 0 Å². The van der Waals surface area contributed by atoms with Crippen LogP contribution in [-0.4, -0.2) is 7.05 Å². The number of aryl methyl sites for hydroxylation is 2. The molecule has 0 aliphatic rings. The lowest BCUT2D eigenvalue weighted by Crippen LogP contribution is -2.18. The van der Waals surface area contributed by atoms with E-state index >= 15 is 0 Å². The number of hydrogen-bond donors (Lipinski definition) is 1. The SMILES string of the molecule is CNC(c1cc(C)sc1C)c1cccc(F)c1Br. The lowest BCUT2D eigenvalue weighted by molar-refractivity contribution is 0.608. The van der Waals surface area contributed by atoms with Crippen molar-refractivity contribution in [2.75, 3.05) is 7.05 Å². The number of nitrogens with one attached hydrogen (secondary N) is 1. The van der Waals surface area contributed by atoms with Gasteiger partial charge >= 0.3 is 0 Å². The molecule has 1 atom stereocenters. The fraction of sp³-hybridized carbons (Fsp3) is 0.286. The van der Waals surface area contributed by atoms with Crippen molar-refractivity contribution in [3.63, 3.8) is 0 Å². The summed E-state index contributed by atoms with van der Waals surface area (Å²) in [5.74, 6) is -0.225. The molecule has 1 unspecified atom stereocenters. The third-order valence-corrected chi connectivity index (χ3v) is 4.79. The molecule has 0 saturated heterocycles. The molecule has 0 aliphatic carbocycles. The van der Waals surface area contributed by atoms with Crippen molar-refractivity contribution in [3.8, 4) is 0 Å². The van der Waals surface area contributed by atoms with Crippen molar-refractivity contribution in [1.29, 1.82) is 0 Å². The second-order valence-corrected chi connectivity index (χ2v) is 6.49. The highest BCUT2D eigenvalue weighted by Crippen LogP contribution is 2.34. The molecule has 0 spiro atoms. The monoisotopic (exact) mass is 327 g/mol. The van der Waals surface area contributed by atoms with Crippen molar-refractivity contribution < 1.29 is 4.39 Å². The van der Waals surface area contributed by atoms with Gasteiger partial charge in [0.15, 0.2) is 0 Å². The molecule has 4 heteroatoms. The summed E-state index contributed by atoms with van der Waals surface area (Å²) in [5.41, 5.74) is 2.14. The third kappa shape index (κ3) is 2.51. The number of rotatable bonds is 3. The second kappa shape index (κ2) is 5.51. The number of hydrogen-bond acceptors (Lipinski definition) is 2. The van der Waals surface area contributed by atoms with Crippen molar-refractivity contribution in [2.24, 2.45) is 0 Å². The summed E-state index contributed by atoms with van der Waals surface area (Å²) in [5, 5.41) is 3.27. The highest BCUT2D eigenvalue weighted by Gasteiger charge is 2.19. The predicted molar refractivity (Wildman–Crippen MR) is 78.8 cm³/mol. The van der Waals surface area contributed by atoms with Crippen LogP contribution >= 0.6 is 27.3 Å². The Labute approximate surface area is 119 Å². The summed E-state index contributed by atoms with van der Waals surface area (Å²) in [6, 6.07) is 7.33. The van der Waals surface area contributed by atoms with Gasteiger partial charge in [0.1, 0.15) is 5.82 Å². The lowest BCUT2D eigenvalue weighted by atomic mass is 9.99. The minimum absolute atomic E-state index is 0.0139. The molecule has 2 rings (SSSR count). The average molecular weight is 328 g/mol. The van der Waals surface area contributed by atoms with Gasteiger partial charge in [-0.3, -0.25) is 0 Å². The molecule has 18 heavy (non-hydrogen) atoms. The van der Waals surface area contributed by atoms with Gasteiger partial charge in [0.05, 0.1) is 10.5 Å². The van der Waals surface area contributed by atoms with E-state index in [0.717, 1.165) is 5.56 Å². The number of benzene rings is 1. The van der Waals surface area contributed by atoms with Gasteiger partial charge in [-0.2, -0.15) is 0 Å². The van der Waals surface area contributed by atoms with Gasteiger partial charge in [-0.15, -0.1) is 11.3 Å². The van der Waals surface area contributed by atoms with E-state index in [4.69, 9.17) is 0 Å². The molecule has 0 radical (unpaired) electrons. The van der Waals surface area contributed by atoms with E-state index in [-0.39, 0.29) is 11.9 Å². The Morgan fingerprint density at radius 1 is 1.28 bits per heavy atom. The molecule has 0 bridgehead atoms. The van der Waals surface area contributed by atoms with Crippen molar-refractivity contribution in [3.05, 3.63) is 55.4 Å². The molecule has 1 aromatic carbocycles. The van der Waals surface area contributed by atoms with Crippen LogP contribution in [0.3, 0.4) is 0 Å². The van der Waals surface area contributed by atoms with E-state index in [9.17, 15) is 4.39 Å².